The zero-order valence-corrected chi connectivity index (χ0v) is 17.9. The third-order valence-electron chi connectivity index (χ3n) is 5.05. The van der Waals surface area contributed by atoms with Crippen LogP contribution >= 0.6 is 0 Å². The molecule has 0 radical (unpaired) electrons. The lowest BCUT2D eigenvalue weighted by Gasteiger charge is -2.22. The first-order valence-corrected chi connectivity index (χ1v) is 11.3. The Bertz CT molecular complexity index is 938. The van der Waals surface area contributed by atoms with Gasteiger partial charge in [-0.15, -0.1) is 0 Å². The molecule has 0 aromatic heterocycles. The van der Waals surface area contributed by atoms with Crippen LogP contribution in [0.1, 0.15) is 44.7 Å². The standard InChI is InChI=1S/C22H28N2O4S/c1-16(2)15-21(17-6-10-19(28-3)11-7-17)23-29(26,27)20-12-8-18(9-13-20)24-14-4-5-22(24)25/h6-13,16,21,23H,4-5,14-15H2,1-3H3/t21-/m1/s1. The minimum Gasteiger partial charge on any atom is -0.497 e. The average molecular weight is 417 g/mol. The molecule has 1 saturated heterocycles. The summed E-state index contributed by atoms with van der Waals surface area (Å²) in [6.07, 6.45) is 2.05. The molecule has 0 aliphatic carbocycles. The van der Waals surface area contributed by atoms with E-state index in [1.165, 1.54) is 0 Å². The third kappa shape index (κ3) is 5.16. The molecule has 2 aromatic rings. The van der Waals surface area contributed by atoms with Gasteiger partial charge in [0.05, 0.1) is 12.0 Å². The predicted molar refractivity (Wildman–Crippen MR) is 114 cm³/mol. The second-order valence-corrected chi connectivity index (χ2v) is 9.43. The summed E-state index contributed by atoms with van der Waals surface area (Å²) in [5.74, 6) is 1.12. The molecular formula is C22H28N2O4S. The van der Waals surface area contributed by atoms with E-state index in [0.29, 0.717) is 25.3 Å². The van der Waals surface area contributed by atoms with E-state index in [4.69, 9.17) is 4.74 Å². The van der Waals surface area contributed by atoms with Crippen LogP contribution < -0.4 is 14.4 Å². The van der Waals surface area contributed by atoms with E-state index in [1.54, 1.807) is 36.3 Å². The summed E-state index contributed by atoms with van der Waals surface area (Å²) in [7, 11) is -2.11. The zero-order valence-electron chi connectivity index (χ0n) is 17.1. The second kappa shape index (κ2) is 8.97. The van der Waals surface area contributed by atoms with Gasteiger partial charge in [0, 0.05) is 24.7 Å². The Morgan fingerprint density at radius 1 is 1.07 bits per heavy atom. The topological polar surface area (TPSA) is 75.7 Å². The van der Waals surface area contributed by atoms with Crippen LogP contribution in [0.2, 0.25) is 0 Å². The largest absolute Gasteiger partial charge is 0.497 e. The van der Waals surface area contributed by atoms with Gasteiger partial charge < -0.3 is 9.64 Å². The molecule has 1 fully saturated rings. The van der Waals surface area contributed by atoms with Crippen molar-refractivity contribution in [3.05, 3.63) is 54.1 Å². The fourth-order valence-electron chi connectivity index (χ4n) is 3.54. The number of benzene rings is 2. The molecule has 29 heavy (non-hydrogen) atoms. The number of sulfonamides is 1. The van der Waals surface area contributed by atoms with Crippen LogP contribution in [0.15, 0.2) is 53.4 Å². The van der Waals surface area contributed by atoms with E-state index >= 15 is 0 Å². The first kappa shape index (κ1) is 21.3. The normalized spacial score (nSPS) is 15.7. The maximum atomic E-state index is 13.0. The highest BCUT2D eigenvalue weighted by Crippen LogP contribution is 2.27. The Labute approximate surface area is 172 Å². The first-order chi connectivity index (χ1) is 13.8. The quantitative estimate of drug-likeness (QED) is 0.708. The number of rotatable bonds is 8. The van der Waals surface area contributed by atoms with Gasteiger partial charge in [-0.1, -0.05) is 26.0 Å². The van der Waals surface area contributed by atoms with E-state index in [9.17, 15) is 13.2 Å². The molecule has 0 bridgehead atoms. The van der Waals surface area contributed by atoms with Crippen molar-refractivity contribution in [3.63, 3.8) is 0 Å². The van der Waals surface area contributed by atoms with Gasteiger partial charge in [-0.05, 0) is 60.7 Å². The molecule has 7 heteroatoms. The van der Waals surface area contributed by atoms with E-state index in [-0.39, 0.29) is 16.8 Å². The first-order valence-electron chi connectivity index (χ1n) is 9.87. The lowest BCUT2D eigenvalue weighted by atomic mass is 9.98. The monoisotopic (exact) mass is 416 g/mol. The number of ether oxygens (including phenoxy) is 1. The summed E-state index contributed by atoms with van der Waals surface area (Å²) in [5, 5.41) is 0. The highest BCUT2D eigenvalue weighted by molar-refractivity contribution is 7.89. The van der Waals surface area contributed by atoms with Crippen molar-refractivity contribution in [2.24, 2.45) is 5.92 Å². The predicted octanol–water partition coefficient (Wildman–Crippen LogP) is 3.89. The molecule has 1 amide bonds. The van der Waals surface area contributed by atoms with Gasteiger partial charge in [0.25, 0.3) is 0 Å². The SMILES string of the molecule is COc1ccc([C@@H](CC(C)C)NS(=O)(=O)c2ccc(N3CCCC3=O)cc2)cc1. The van der Waals surface area contributed by atoms with E-state index in [1.807, 2.05) is 24.3 Å². The van der Waals surface area contributed by atoms with E-state index in [2.05, 4.69) is 18.6 Å². The van der Waals surface area contributed by atoms with Crippen molar-refractivity contribution >= 4 is 21.6 Å². The number of carbonyl (C=O) groups excluding carboxylic acids is 1. The highest BCUT2D eigenvalue weighted by atomic mass is 32.2. The van der Waals surface area contributed by atoms with Crippen LogP contribution in [-0.2, 0) is 14.8 Å². The summed E-state index contributed by atoms with van der Waals surface area (Å²) in [6, 6.07) is 13.6. The Hall–Kier alpha value is -2.38. The molecule has 1 atom stereocenters. The number of carbonyl (C=O) groups is 1. The van der Waals surface area contributed by atoms with E-state index < -0.39 is 10.0 Å². The number of hydrogen-bond acceptors (Lipinski definition) is 4. The van der Waals surface area contributed by atoms with Gasteiger partial charge in [-0.25, -0.2) is 13.1 Å². The molecule has 0 spiro atoms. The van der Waals surface area contributed by atoms with Gasteiger partial charge in [-0.3, -0.25) is 4.79 Å². The zero-order chi connectivity index (χ0) is 21.0. The second-order valence-electron chi connectivity index (χ2n) is 7.72. The molecular weight excluding hydrogens is 388 g/mol. The summed E-state index contributed by atoms with van der Waals surface area (Å²) in [6.45, 7) is 4.80. The number of amides is 1. The third-order valence-corrected chi connectivity index (χ3v) is 6.54. The molecule has 0 saturated carbocycles. The molecule has 3 rings (SSSR count). The molecule has 1 aliphatic heterocycles. The average Bonchev–Trinajstić information content (AvgIpc) is 3.13. The molecule has 1 N–H and O–H groups in total. The fraction of sp³-hybridized carbons (Fsp3) is 0.409. The molecule has 0 unspecified atom stereocenters. The van der Waals surface area contributed by atoms with Crippen LogP contribution in [0.3, 0.4) is 0 Å². The number of nitrogens with zero attached hydrogens (tertiary/aromatic N) is 1. The van der Waals surface area contributed by atoms with Crippen molar-refractivity contribution in [3.8, 4) is 5.75 Å². The Kier molecular flexibility index (Phi) is 6.59. The fourth-order valence-corrected chi connectivity index (χ4v) is 4.78. The van der Waals surface area contributed by atoms with Crippen LogP contribution in [0.25, 0.3) is 0 Å². The Balaban J connectivity index is 1.81. The van der Waals surface area contributed by atoms with Gasteiger partial charge in [-0.2, -0.15) is 0 Å². The molecule has 156 valence electrons. The van der Waals surface area contributed by atoms with Crippen LogP contribution in [0.4, 0.5) is 5.69 Å². The van der Waals surface area contributed by atoms with Crippen molar-refractivity contribution < 1.29 is 17.9 Å². The van der Waals surface area contributed by atoms with Crippen molar-refractivity contribution in [2.45, 2.75) is 44.0 Å². The van der Waals surface area contributed by atoms with Crippen molar-refractivity contribution in [1.29, 1.82) is 0 Å². The maximum Gasteiger partial charge on any atom is 0.241 e. The lowest BCUT2D eigenvalue weighted by Crippen LogP contribution is -2.30. The van der Waals surface area contributed by atoms with Crippen LogP contribution in [0, 0.1) is 5.92 Å². The Morgan fingerprint density at radius 2 is 1.72 bits per heavy atom. The smallest absolute Gasteiger partial charge is 0.241 e. The molecule has 2 aromatic carbocycles. The number of methoxy groups -OCH3 is 1. The highest BCUT2D eigenvalue weighted by Gasteiger charge is 2.24. The summed E-state index contributed by atoms with van der Waals surface area (Å²) >= 11 is 0. The number of anilines is 1. The minimum absolute atomic E-state index is 0.0789. The number of nitrogens with one attached hydrogen (secondary N) is 1. The van der Waals surface area contributed by atoms with Crippen molar-refractivity contribution in [1.82, 2.24) is 4.72 Å². The Morgan fingerprint density at radius 3 is 2.24 bits per heavy atom. The lowest BCUT2D eigenvalue weighted by molar-refractivity contribution is -0.117. The van der Waals surface area contributed by atoms with Crippen LogP contribution in [-0.4, -0.2) is 28.0 Å². The molecule has 1 aliphatic rings. The van der Waals surface area contributed by atoms with Crippen LogP contribution in [0.5, 0.6) is 5.75 Å². The van der Waals surface area contributed by atoms with Gasteiger partial charge in [0.1, 0.15) is 5.75 Å². The van der Waals surface area contributed by atoms with Gasteiger partial charge in [0.15, 0.2) is 0 Å². The molecule has 6 nitrogen and oxygen atoms in total. The van der Waals surface area contributed by atoms with Gasteiger partial charge in [0.2, 0.25) is 15.9 Å². The number of hydrogen-bond donors (Lipinski definition) is 1. The summed E-state index contributed by atoms with van der Waals surface area (Å²) in [5.41, 5.74) is 1.63. The summed E-state index contributed by atoms with van der Waals surface area (Å²) in [4.78, 5) is 13.8. The maximum absolute atomic E-state index is 13.0. The van der Waals surface area contributed by atoms with E-state index in [0.717, 1.165) is 23.4 Å². The molecule has 1 heterocycles. The van der Waals surface area contributed by atoms with Crippen molar-refractivity contribution in [2.75, 3.05) is 18.6 Å². The van der Waals surface area contributed by atoms with Gasteiger partial charge >= 0.3 is 0 Å². The summed E-state index contributed by atoms with van der Waals surface area (Å²) < 4.78 is 34.0. The minimum atomic E-state index is -3.71.